The Bertz CT molecular complexity index is 385. The van der Waals surface area contributed by atoms with Gasteiger partial charge in [-0.15, -0.1) is 0 Å². The molecule has 0 radical (unpaired) electrons. The Balaban J connectivity index is 3.97. The first-order chi connectivity index (χ1) is 11.2. The molecule has 0 aromatic rings. The Labute approximate surface area is 147 Å². The van der Waals surface area contributed by atoms with E-state index in [-0.39, 0.29) is 18.8 Å². The Morgan fingerprint density at radius 2 is 1.67 bits per heavy atom. The predicted molar refractivity (Wildman–Crippen MR) is 94.2 cm³/mol. The Morgan fingerprint density at radius 1 is 1.04 bits per heavy atom. The van der Waals surface area contributed by atoms with Crippen molar-refractivity contribution in [3.05, 3.63) is 12.2 Å². The van der Waals surface area contributed by atoms with E-state index >= 15 is 0 Å². The largest absolute Gasteiger partial charge is 0.550 e. The lowest BCUT2D eigenvalue weighted by Gasteiger charge is -2.29. The minimum Gasteiger partial charge on any atom is -0.550 e. The van der Waals surface area contributed by atoms with Gasteiger partial charge in [0.05, 0.1) is 21.1 Å². The maximum Gasteiger partial charge on any atom is 0.306 e. The zero-order valence-corrected chi connectivity index (χ0v) is 15.9. The van der Waals surface area contributed by atoms with E-state index < -0.39 is 12.1 Å². The Kier molecular flexibility index (Phi) is 12.3. The monoisotopic (exact) mass is 341 g/mol. The van der Waals surface area contributed by atoms with Gasteiger partial charge in [-0.05, 0) is 19.3 Å². The third kappa shape index (κ3) is 15.5. The number of carboxylic acid groups (broad SMARTS) is 1. The minimum absolute atomic E-state index is 0.255. The summed E-state index contributed by atoms with van der Waals surface area (Å²) in [6.45, 7) is 2.66. The highest BCUT2D eigenvalue weighted by Crippen LogP contribution is 2.08. The van der Waals surface area contributed by atoms with Crippen LogP contribution in [0.1, 0.15) is 64.7 Å². The van der Waals surface area contributed by atoms with Crippen LogP contribution in [0.2, 0.25) is 0 Å². The van der Waals surface area contributed by atoms with Gasteiger partial charge in [-0.25, -0.2) is 0 Å². The molecule has 0 N–H and O–H groups in total. The number of allylic oxidation sites excluding steroid dienone is 2. The quantitative estimate of drug-likeness (QED) is 0.211. The Hall–Kier alpha value is -1.36. The van der Waals surface area contributed by atoms with Gasteiger partial charge in [0, 0.05) is 18.8 Å². The zero-order valence-electron chi connectivity index (χ0n) is 15.9. The van der Waals surface area contributed by atoms with Crippen LogP contribution in [0.25, 0.3) is 0 Å². The molecule has 0 aliphatic rings. The molecule has 0 fully saturated rings. The average molecular weight is 341 g/mol. The number of esters is 1. The van der Waals surface area contributed by atoms with E-state index in [2.05, 4.69) is 13.0 Å². The van der Waals surface area contributed by atoms with Crippen molar-refractivity contribution in [1.29, 1.82) is 0 Å². The third-order valence-corrected chi connectivity index (χ3v) is 3.60. The number of quaternary nitrogens is 1. The summed E-state index contributed by atoms with van der Waals surface area (Å²) in [5, 5.41) is 10.8. The molecule has 0 saturated carbocycles. The summed E-state index contributed by atoms with van der Waals surface area (Å²) in [6, 6.07) is 0. The number of carboxylic acids is 1. The number of aliphatic carboxylic acids is 1. The van der Waals surface area contributed by atoms with Crippen LogP contribution in [-0.4, -0.2) is 50.2 Å². The SMILES string of the molecule is CCCCCCC/C=C/CCC(=O)OC(CC(=O)[O-])C[N+](C)(C)C. The number of carbonyl (C=O) groups excluding carboxylic acids is 2. The maximum absolute atomic E-state index is 11.9. The highest BCUT2D eigenvalue weighted by molar-refractivity contribution is 5.71. The summed E-state index contributed by atoms with van der Waals surface area (Å²) in [7, 11) is 5.79. The summed E-state index contributed by atoms with van der Waals surface area (Å²) in [4.78, 5) is 22.6. The van der Waals surface area contributed by atoms with Crippen LogP contribution in [0.4, 0.5) is 0 Å². The molecule has 0 aliphatic carbocycles. The molecule has 0 aromatic carbocycles. The normalized spacial score (nSPS) is 13.2. The molecule has 24 heavy (non-hydrogen) atoms. The minimum atomic E-state index is -1.19. The molecule has 0 aliphatic heterocycles. The fourth-order valence-corrected chi connectivity index (χ4v) is 2.49. The molecule has 0 spiro atoms. The third-order valence-electron chi connectivity index (χ3n) is 3.60. The van der Waals surface area contributed by atoms with Gasteiger partial charge in [0.15, 0.2) is 6.10 Å². The summed E-state index contributed by atoms with van der Waals surface area (Å²) >= 11 is 0. The van der Waals surface area contributed by atoms with Crippen molar-refractivity contribution in [2.24, 2.45) is 0 Å². The van der Waals surface area contributed by atoms with Crippen LogP contribution >= 0.6 is 0 Å². The second kappa shape index (κ2) is 13.0. The fourth-order valence-electron chi connectivity index (χ4n) is 2.49. The molecule has 5 heteroatoms. The molecule has 0 amide bonds. The highest BCUT2D eigenvalue weighted by Gasteiger charge is 2.22. The first-order valence-corrected chi connectivity index (χ1v) is 9.09. The Morgan fingerprint density at radius 3 is 2.25 bits per heavy atom. The second-order valence-electron chi connectivity index (χ2n) is 7.37. The number of unbranched alkanes of at least 4 members (excludes halogenated alkanes) is 5. The van der Waals surface area contributed by atoms with Gasteiger partial charge in [-0.1, -0.05) is 44.8 Å². The van der Waals surface area contributed by atoms with Crippen molar-refractivity contribution in [3.63, 3.8) is 0 Å². The lowest BCUT2D eigenvalue weighted by Crippen LogP contribution is -2.45. The van der Waals surface area contributed by atoms with E-state index in [1.807, 2.05) is 27.2 Å². The summed E-state index contributed by atoms with van der Waals surface area (Å²) in [5.41, 5.74) is 0. The van der Waals surface area contributed by atoms with Crippen molar-refractivity contribution in [2.75, 3.05) is 27.7 Å². The van der Waals surface area contributed by atoms with Gasteiger partial charge in [-0.2, -0.15) is 0 Å². The number of nitrogens with zero attached hydrogens (tertiary/aromatic N) is 1. The average Bonchev–Trinajstić information content (AvgIpc) is 2.42. The van der Waals surface area contributed by atoms with E-state index in [0.29, 0.717) is 17.4 Å². The first-order valence-electron chi connectivity index (χ1n) is 9.09. The van der Waals surface area contributed by atoms with E-state index in [4.69, 9.17) is 4.74 Å². The standard InChI is InChI=1S/C19H35NO4/c1-5-6-7-8-9-10-11-12-13-14-19(23)24-17(15-18(21)22)16-20(2,3)4/h11-12,17H,5-10,13-16H2,1-4H3/b12-11+. The van der Waals surface area contributed by atoms with Crippen LogP contribution in [0.15, 0.2) is 12.2 Å². The van der Waals surface area contributed by atoms with Gasteiger partial charge in [0.1, 0.15) is 6.54 Å². The van der Waals surface area contributed by atoms with E-state index in [1.165, 1.54) is 32.1 Å². The number of hydrogen-bond donors (Lipinski definition) is 0. The van der Waals surface area contributed by atoms with Gasteiger partial charge in [0.2, 0.25) is 0 Å². The summed E-state index contributed by atoms with van der Waals surface area (Å²) in [5.74, 6) is -1.54. The van der Waals surface area contributed by atoms with Gasteiger partial charge >= 0.3 is 5.97 Å². The number of ether oxygens (including phenoxy) is 1. The summed E-state index contributed by atoms with van der Waals surface area (Å²) < 4.78 is 5.83. The zero-order chi connectivity index (χ0) is 18.4. The smallest absolute Gasteiger partial charge is 0.306 e. The highest BCUT2D eigenvalue weighted by atomic mass is 16.5. The van der Waals surface area contributed by atoms with Crippen molar-refractivity contribution in [3.8, 4) is 0 Å². The van der Waals surface area contributed by atoms with Crippen LogP contribution in [-0.2, 0) is 14.3 Å². The number of hydrogen-bond acceptors (Lipinski definition) is 4. The molecular weight excluding hydrogens is 306 g/mol. The van der Waals surface area contributed by atoms with E-state index in [1.54, 1.807) is 0 Å². The van der Waals surface area contributed by atoms with Crippen molar-refractivity contribution in [2.45, 2.75) is 70.8 Å². The predicted octanol–water partition coefficient (Wildman–Crippen LogP) is 2.44. The molecule has 1 atom stereocenters. The van der Waals surface area contributed by atoms with Crippen LogP contribution in [0.3, 0.4) is 0 Å². The molecular formula is C19H35NO4. The fraction of sp³-hybridized carbons (Fsp3) is 0.789. The van der Waals surface area contributed by atoms with E-state index in [0.717, 1.165) is 6.42 Å². The van der Waals surface area contributed by atoms with Crippen LogP contribution in [0.5, 0.6) is 0 Å². The van der Waals surface area contributed by atoms with Crippen molar-refractivity contribution >= 4 is 11.9 Å². The van der Waals surface area contributed by atoms with Crippen molar-refractivity contribution in [1.82, 2.24) is 0 Å². The van der Waals surface area contributed by atoms with E-state index in [9.17, 15) is 14.7 Å². The first kappa shape index (κ1) is 22.6. The maximum atomic E-state index is 11.9. The molecule has 0 bridgehead atoms. The molecule has 0 heterocycles. The lowest BCUT2D eigenvalue weighted by atomic mass is 10.1. The molecule has 0 saturated heterocycles. The van der Waals surface area contributed by atoms with Crippen molar-refractivity contribution < 1.29 is 23.9 Å². The topological polar surface area (TPSA) is 66.4 Å². The molecule has 5 nitrogen and oxygen atoms in total. The number of carbonyl (C=O) groups is 2. The molecule has 140 valence electrons. The van der Waals surface area contributed by atoms with Crippen LogP contribution in [0, 0.1) is 0 Å². The molecule has 1 unspecified atom stereocenters. The number of likely N-dealkylation sites (N-methyl/N-ethyl adjacent to an activating group) is 1. The number of rotatable bonds is 14. The van der Waals surface area contributed by atoms with Crippen LogP contribution < -0.4 is 5.11 Å². The molecule has 0 aromatic heterocycles. The second-order valence-corrected chi connectivity index (χ2v) is 7.37. The van der Waals surface area contributed by atoms with Gasteiger partial charge < -0.3 is 19.1 Å². The molecule has 0 rings (SSSR count). The summed E-state index contributed by atoms with van der Waals surface area (Å²) in [6.07, 6.45) is 11.5. The van der Waals surface area contributed by atoms with Gasteiger partial charge in [0.25, 0.3) is 0 Å². The van der Waals surface area contributed by atoms with Gasteiger partial charge in [-0.3, -0.25) is 4.79 Å². The lowest BCUT2D eigenvalue weighted by molar-refractivity contribution is -0.873.